The molecule has 2 saturated heterocycles. The molecule has 0 bridgehead atoms. The summed E-state index contributed by atoms with van der Waals surface area (Å²) in [6.07, 6.45) is -2.11. The first kappa shape index (κ1) is 16.1. The Morgan fingerprint density at radius 1 is 1.25 bits per heavy atom. The minimum atomic E-state index is -0.666. The van der Waals surface area contributed by atoms with E-state index in [1.54, 1.807) is 7.11 Å². The van der Waals surface area contributed by atoms with E-state index in [1.165, 1.54) is 0 Å². The second kappa shape index (κ2) is 6.25. The van der Waals surface area contributed by atoms with Crippen LogP contribution in [0.2, 0.25) is 0 Å². The van der Waals surface area contributed by atoms with E-state index >= 15 is 0 Å². The monoisotopic (exact) mass is 289 g/mol. The molecule has 2 fully saturated rings. The van der Waals surface area contributed by atoms with Crippen molar-refractivity contribution < 1.29 is 24.1 Å². The Balaban J connectivity index is 2.00. The molecule has 0 aromatic carbocycles. The van der Waals surface area contributed by atoms with Crippen molar-refractivity contribution in [3.63, 3.8) is 0 Å². The zero-order valence-corrected chi connectivity index (χ0v) is 13.0. The van der Waals surface area contributed by atoms with Crippen molar-refractivity contribution in [1.82, 2.24) is 4.90 Å². The Labute approximate surface area is 120 Å². The summed E-state index contributed by atoms with van der Waals surface area (Å²) in [6, 6.07) is 0. The Hall–Kier alpha value is -0.240. The first-order chi connectivity index (χ1) is 9.41. The van der Waals surface area contributed by atoms with Gasteiger partial charge in [0.25, 0.3) is 0 Å². The van der Waals surface area contributed by atoms with Crippen molar-refractivity contribution in [3.8, 4) is 0 Å². The van der Waals surface area contributed by atoms with Crippen LogP contribution in [0.1, 0.15) is 27.7 Å². The average Bonchev–Trinajstić information content (AvgIpc) is 2.86. The molecule has 0 aliphatic carbocycles. The molecule has 2 aliphatic heterocycles. The lowest BCUT2D eigenvalue weighted by atomic mass is 10.1. The van der Waals surface area contributed by atoms with Crippen molar-refractivity contribution >= 4 is 0 Å². The molecule has 0 amide bonds. The van der Waals surface area contributed by atoms with E-state index in [-0.39, 0.29) is 12.2 Å². The minimum absolute atomic E-state index is 0.286. The molecule has 0 radical (unpaired) electrons. The van der Waals surface area contributed by atoms with Gasteiger partial charge in [-0.25, -0.2) is 0 Å². The lowest BCUT2D eigenvalue weighted by molar-refractivity contribution is -0.228. The molecule has 2 rings (SSSR count). The maximum absolute atomic E-state index is 10.4. The smallest absolute Gasteiger partial charge is 0.190 e. The number of likely N-dealkylation sites (N-methyl/N-ethyl adjacent to an activating group) is 1. The van der Waals surface area contributed by atoms with Crippen molar-refractivity contribution in [1.29, 1.82) is 0 Å². The van der Waals surface area contributed by atoms with Gasteiger partial charge in [-0.3, -0.25) is 0 Å². The number of nitrogens with zero attached hydrogens (tertiary/aromatic N) is 1. The van der Waals surface area contributed by atoms with Crippen LogP contribution in [0.5, 0.6) is 0 Å². The Bertz CT molecular complexity index is 321. The Morgan fingerprint density at radius 3 is 2.45 bits per heavy atom. The number of aliphatic hydroxyl groups excluding tert-OH is 1. The Kier molecular flexibility index (Phi) is 5.05. The van der Waals surface area contributed by atoms with Crippen LogP contribution in [0.15, 0.2) is 0 Å². The molecule has 0 aromatic heterocycles. The lowest BCUT2D eigenvalue weighted by Gasteiger charge is -2.30. The van der Waals surface area contributed by atoms with Gasteiger partial charge in [0.15, 0.2) is 12.1 Å². The zero-order chi connectivity index (χ0) is 14.9. The number of hydrogen-bond acceptors (Lipinski definition) is 6. The molecule has 0 unspecified atom stereocenters. The first-order valence-corrected chi connectivity index (χ1v) is 7.36. The fourth-order valence-electron chi connectivity index (χ4n) is 2.93. The molecule has 6 nitrogen and oxygen atoms in total. The quantitative estimate of drug-likeness (QED) is 0.772. The van der Waals surface area contributed by atoms with Gasteiger partial charge in [0.05, 0.1) is 6.10 Å². The fourth-order valence-corrected chi connectivity index (χ4v) is 2.93. The highest BCUT2D eigenvalue weighted by Crippen LogP contribution is 2.39. The second-order valence-electron chi connectivity index (χ2n) is 5.82. The minimum Gasteiger partial charge on any atom is -0.389 e. The molecular weight excluding hydrogens is 262 g/mol. The summed E-state index contributed by atoms with van der Waals surface area (Å²) in [5.74, 6) is -0.666. The van der Waals surface area contributed by atoms with E-state index in [0.29, 0.717) is 6.54 Å². The van der Waals surface area contributed by atoms with Gasteiger partial charge < -0.3 is 29.0 Å². The topological polar surface area (TPSA) is 60.4 Å². The number of aliphatic hydroxyl groups is 1. The zero-order valence-electron chi connectivity index (χ0n) is 13.0. The van der Waals surface area contributed by atoms with Gasteiger partial charge in [0, 0.05) is 13.7 Å². The predicted molar refractivity (Wildman–Crippen MR) is 73.3 cm³/mol. The maximum Gasteiger partial charge on any atom is 0.190 e. The fraction of sp³-hybridized carbons (Fsp3) is 1.00. The molecule has 2 heterocycles. The molecule has 0 spiro atoms. The maximum atomic E-state index is 10.4. The molecular formula is C14H27NO5. The van der Waals surface area contributed by atoms with E-state index in [1.807, 2.05) is 13.8 Å². The van der Waals surface area contributed by atoms with E-state index in [0.717, 1.165) is 13.1 Å². The lowest BCUT2D eigenvalue weighted by Crippen LogP contribution is -2.46. The molecule has 2 aliphatic rings. The summed E-state index contributed by atoms with van der Waals surface area (Å²) in [4.78, 5) is 2.15. The van der Waals surface area contributed by atoms with Crippen LogP contribution in [0.3, 0.4) is 0 Å². The van der Waals surface area contributed by atoms with Gasteiger partial charge in [0.2, 0.25) is 0 Å². The van der Waals surface area contributed by atoms with Gasteiger partial charge in [-0.2, -0.15) is 0 Å². The van der Waals surface area contributed by atoms with Crippen LogP contribution in [0, 0.1) is 0 Å². The van der Waals surface area contributed by atoms with Gasteiger partial charge in [-0.1, -0.05) is 13.8 Å². The highest BCUT2D eigenvalue weighted by Gasteiger charge is 2.56. The summed E-state index contributed by atoms with van der Waals surface area (Å²) in [6.45, 7) is 10.2. The summed E-state index contributed by atoms with van der Waals surface area (Å²) >= 11 is 0. The SMILES string of the molecule is CCN(CC)C[C@@H](O)[C@H]1O[C@@H]2OC(C)(C)O[C@@H]2[C@H]1OC. The molecule has 0 saturated carbocycles. The third-order valence-electron chi connectivity index (χ3n) is 4.02. The number of ether oxygens (including phenoxy) is 4. The first-order valence-electron chi connectivity index (χ1n) is 7.36. The van der Waals surface area contributed by atoms with Crippen molar-refractivity contribution in [2.45, 2.75) is 64.2 Å². The highest BCUT2D eigenvalue weighted by molar-refractivity contribution is 4.97. The van der Waals surface area contributed by atoms with Crippen LogP contribution in [0.25, 0.3) is 0 Å². The van der Waals surface area contributed by atoms with Crippen molar-refractivity contribution in [2.75, 3.05) is 26.7 Å². The van der Waals surface area contributed by atoms with Crippen LogP contribution in [0.4, 0.5) is 0 Å². The summed E-state index contributed by atoms with van der Waals surface area (Å²) in [7, 11) is 1.61. The summed E-state index contributed by atoms with van der Waals surface area (Å²) < 4.78 is 22.8. The molecule has 6 heteroatoms. The van der Waals surface area contributed by atoms with E-state index in [9.17, 15) is 5.11 Å². The molecule has 5 atom stereocenters. The van der Waals surface area contributed by atoms with E-state index in [2.05, 4.69) is 18.7 Å². The Morgan fingerprint density at radius 2 is 1.90 bits per heavy atom. The molecule has 1 N–H and O–H groups in total. The van der Waals surface area contributed by atoms with E-state index in [4.69, 9.17) is 18.9 Å². The van der Waals surface area contributed by atoms with Crippen LogP contribution < -0.4 is 0 Å². The van der Waals surface area contributed by atoms with Crippen molar-refractivity contribution in [2.24, 2.45) is 0 Å². The summed E-state index contributed by atoms with van der Waals surface area (Å²) in [5.41, 5.74) is 0. The van der Waals surface area contributed by atoms with Crippen LogP contribution in [-0.4, -0.2) is 73.2 Å². The average molecular weight is 289 g/mol. The number of hydrogen-bond donors (Lipinski definition) is 1. The second-order valence-corrected chi connectivity index (χ2v) is 5.82. The third kappa shape index (κ3) is 3.16. The molecule has 118 valence electrons. The van der Waals surface area contributed by atoms with Crippen LogP contribution in [-0.2, 0) is 18.9 Å². The van der Waals surface area contributed by atoms with Gasteiger partial charge >= 0.3 is 0 Å². The van der Waals surface area contributed by atoms with Gasteiger partial charge in [0.1, 0.15) is 18.3 Å². The molecule has 0 aromatic rings. The van der Waals surface area contributed by atoms with E-state index < -0.39 is 24.3 Å². The van der Waals surface area contributed by atoms with Crippen LogP contribution >= 0.6 is 0 Å². The largest absolute Gasteiger partial charge is 0.389 e. The number of rotatable bonds is 6. The highest BCUT2D eigenvalue weighted by atomic mass is 16.8. The normalized spacial score (nSPS) is 37.4. The molecule has 20 heavy (non-hydrogen) atoms. The summed E-state index contributed by atoms with van der Waals surface area (Å²) in [5, 5.41) is 10.4. The predicted octanol–water partition coefficient (Wildman–Crippen LogP) is 0.580. The standard InChI is InChI=1S/C14H27NO5/c1-6-15(7-2)8-9(16)10-11(17-5)12-13(18-10)20-14(3,4)19-12/h9-13,16H,6-8H2,1-5H3/t9-,10-,11+,12-,13-/m1/s1. The van der Waals surface area contributed by atoms with Crippen molar-refractivity contribution in [3.05, 3.63) is 0 Å². The third-order valence-corrected chi connectivity index (χ3v) is 4.02. The number of methoxy groups -OCH3 is 1. The van der Waals surface area contributed by atoms with Gasteiger partial charge in [-0.15, -0.1) is 0 Å². The van der Waals surface area contributed by atoms with Gasteiger partial charge in [-0.05, 0) is 26.9 Å². The number of fused-ring (bicyclic) bond motifs is 1.